The van der Waals surface area contributed by atoms with Crippen LogP contribution in [-0.2, 0) is 4.79 Å². The van der Waals surface area contributed by atoms with E-state index in [1.54, 1.807) is 12.4 Å². The summed E-state index contributed by atoms with van der Waals surface area (Å²) in [6.07, 6.45) is 5.14. The second-order valence-corrected chi connectivity index (χ2v) is 8.66. The standard InChI is InChI=1S/C20H33N7OS/c1-3-17-16-27(14-15-29-17)19(21-4-2)24-9-6-18(28)25-10-12-26(13-11-25)20-22-7-5-8-23-20/h5,7-8,17H,3-4,6,9-16H2,1-2H3,(H,21,24). The normalized spacial score (nSPS) is 20.7. The number of hydrogen-bond acceptors (Lipinski definition) is 6. The molecule has 29 heavy (non-hydrogen) atoms. The van der Waals surface area contributed by atoms with Crippen LogP contribution in [0.5, 0.6) is 0 Å². The van der Waals surface area contributed by atoms with Crippen LogP contribution >= 0.6 is 11.8 Å². The largest absolute Gasteiger partial charge is 0.357 e. The smallest absolute Gasteiger partial charge is 0.225 e. The molecular weight excluding hydrogens is 386 g/mol. The molecule has 8 nitrogen and oxygen atoms in total. The fourth-order valence-corrected chi connectivity index (χ4v) is 4.79. The number of carbonyl (C=O) groups is 1. The van der Waals surface area contributed by atoms with E-state index in [0.717, 1.165) is 50.4 Å². The van der Waals surface area contributed by atoms with Crippen molar-refractivity contribution in [2.45, 2.75) is 31.9 Å². The molecule has 2 aliphatic rings. The van der Waals surface area contributed by atoms with E-state index in [-0.39, 0.29) is 5.91 Å². The minimum absolute atomic E-state index is 0.180. The van der Waals surface area contributed by atoms with Crippen molar-refractivity contribution >= 4 is 29.6 Å². The highest BCUT2D eigenvalue weighted by Crippen LogP contribution is 2.21. The number of anilines is 1. The maximum Gasteiger partial charge on any atom is 0.225 e. The van der Waals surface area contributed by atoms with Crippen LogP contribution in [-0.4, -0.2) is 95.0 Å². The van der Waals surface area contributed by atoms with Gasteiger partial charge in [-0.1, -0.05) is 6.92 Å². The van der Waals surface area contributed by atoms with Crippen molar-refractivity contribution in [3.8, 4) is 0 Å². The summed E-state index contributed by atoms with van der Waals surface area (Å²) >= 11 is 2.05. The summed E-state index contributed by atoms with van der Waals surface area (Å²) in [7, 11) is 0. The number of thioether (sulfide) groups is 1. The van der Waals surface area contributed by atoms with Crippen LogP contribution in [0.3, 0.4) is 0 Å². The van der Waals surface area contributed by atoms with Gasteiger partial charge in [-0.15, -0.1) is 0 Å². The van der Waals surface area contributed by atoms with Gasteiger partial charge in [0.15, 0.2) is 5.96 Å². The predicted molar refractivity (Wildman–Crippen MR) is 120 cm³/mol. The molecule has 0 radical (unpaired) electrons. The molecule has 0 aliphatic carbocycles. The van der Waals surface area contributed by atoms with Gasteiger partial charge in [-0.25, -0.2) is 9.97 Å². The van der Waals surface area contributed by atoms with Gasteiger partial charge < -0.3 is 20.0 Å². The highest BCUT2D eigenvalue weighted by molar-refractivity contribution is 8.00. The summed E-state index contributed by atoms with van der Waals surface area (Å²) in [5, 5.41) is 4.06. The van der Waals surface area contributed by atoms with Gasteiger partial charge in [-0.3, -0.25) is 9.79 Å². The number of carbonyl (C=O) groups excluding carboxylic acids is 1. The molecule has 1 aromatic rings. The zero-order chi connectivity index (χ0) is 20.5. The van der Waals surface area contributed by atoms with Crippen LogP contribution in [0, 0.1) is 0 Å². The number of aliphatic imine (C=N–C) groups is 1. The predicted octanol–water partition coefficient (Wildman–Crippen LogP) is 1.31. The van der Waals surface area contributed by atoms with Gasteiger partial charge >= 0.3 is 0 Å². The first-order chi connectivity index (χ1) is 14.2. The molecule has 160 valence electrons. The second-order valence-electron chi connectivity index (χ2n) is 7.25. The monoisotopic (exact) mass is 419 g/mol. The summed E-state index contributed by atoms with van der Waals surface area (Å²) in [5.74, 6) is 3.01. The lowest BCUT2D eigenvalue weighted by Crippen LogP contribution is -2.49. The molecule has 1 N–H and O–H groups in total. The van der Waals surface area contributed by atoms with Gasteiger partial charge in [-0.2, -0.15) is 11.8 Å². The molecule has 1 amide bonds. The van der Waals surface area contributed by atoms with E-state index in [2.05, 4.69) is 50.7 Å². The molecule has 2 fully saturated rings. The zero-order valence-electron chi connectivity index (χ0n) is 17.6. The van der Waals surface area contributed by atoms with E-state index in [1.807, 2.05) is 11.0 Å². The molecule has 1 atom stereocenters. The Hall–Kier alpha value is -2.03. The fourth-order valence-electron chi connectivity index (χ4n) is 3.61. The van der Waals surface area contributed by atoms with E-state index in [4.69, 9.17) is 4.99 Å². The van der Waals surface area contributed by atoms with Crippen molar-refractivity contribution in [1.29, 1.82) is 0 Å². The minimum atomic E-state index is 0.180. The van der Waals surface area contributed by atoms with Crippen LogP contribution in [0.2, 0.25) is 0 Å². The van der Waals surface area contributed by atoms with Crippen molar-refractivity contribution in [3.63, 3.8) is 0 Å². The highest BCUT2D eigenvalue weighted by atomic mass is 32.2. The number of guanidine groups is 1. The van der Waals surface area contributed by atoms with Crippen LogP contribution in [0.15, 0.2) is 23.5 Å². The van der Waals surface area contributed by atoms with Crippen LogP contribution in [0.4, 0.5) is 5.95 Å². The van der Waals surface area contributed by atoms with E-state index >= 15 is 0 Å². The summed E-state index contributed by atoms with van der Waals surface area (Å²) in [4.78, 5) is 32.4. The highest BCUT2D eigenvalue weighted by Gasteiger charge is 2.23. The topological polar surface area (TPSA) is 77.0 Å². The molecule has 0 spiro atoms. The average molecular weight is 420 g/mol. The number of piperazine rings is 1. The van der Waals surface area contributed by atoms with Crippen molar-refractivity contribution < 1.29 is 4.79 Å². The van der Waals surface area contributed by atoms with Crippen molar-refractivity contribution in [2.75, 3.05) is 63.0 Å². The lowest BCUT2D eigenvalue weighted by molar-refractivity contribution is -0.131. The number of aromatic nitrogens is 2. The lowest BCUT2D eigenvalue weighted by Gasteiger charge is -2.35. The Labute approximate surface area is 178 Å². The Balaban J connectivity index is 1.46. The Bertz CT molecular complexity index is 664. The molecule has 1 aromatic heterocycles. The lowest BCUT2D eigenvalue weighted by atomic mass is 10.3. The third-order valence-corrected chi connectivity index (χ3v) is 6.66. The first kappa shape index (κ1) is 21.7. The maximum absolute atomic E-state index is 12.6. The summed E-state index contributed by atoms with van der Waals surface area (Å²) < 4.78 is 0. The number of nitrogens with zero attached hydrogens (tertiary/aromatic N) is 6. The van der Waals surface area contributed by atoms with E-state index in [0.29, 0.717) is 31.3 Å². The molecule has 0 saturated carbocycles. The first-order valence-corrected chi connectivity index (χ1v) is 11.7. The van der Waals surface area contributed by atoms with Gasteiger partial charge in [0, 0.05) is 75.6 Å². The van der Waals surface area contributed by atoms with Crippen molar-refractivity contribution in [2.24, 2.45) is 4.99 Å². The first-order valence-electron chi connectivity index (χ1n) is 10.7. The third kappa shape index (κ3) is 6.22. The van der Waals surface area contributed by atoms with E-state index in [9.17, 15) is 4.79 Å². The summed E-state index contributed by atoms with van der Waals surface area (Å²) in [6, 6.07) is 1.82. The number of nitrogens with one attached hydrogen (secondary N) is 1. The third-order valence-electron chi connectivity index (χ3n) is 5.28. The molecule has 0 bridgehead atoms. The SMILES string of the molecule is CCNC(=NCCC(=O)N1CCN(c2ncccn2)CC1)N1CCSC(CC)C1. The fraction of sp³-hybridized carbons (Fsp3) is 0.700. The van der Waals surface area contributed by atoms with Crippen molar-refractivity contribution in [3.05, 3.63) is 18.5 Å². The average Bonchev–Trinajstić information content (AvgIpc) is 2.79. The summed E-state index contributed by atoms with van der Waals surface area (Å²) in [6.45, 7) is 10.7. The zero-order valence-corrected chi connectivity index (χ0v) is 18.4. The van der Waals surface area contributed by atoms with Crippen LogP contribution in [0.25, 0.3) is 0 Å². The molecule has 0 aromatic carbocycles. The minimum Gasteiger partial charge on any atom is -0.357 e. The molecule has 2 saturated heterocycles. The molecule has 3 rings (SSSR count). The molecule has 9 heteroatoms. The Kier molecular flexibility index (Phi) is 8.39. The second kappa shape index (κ2) is 11.2. The molecular formula is C20H33N7OS. The van der Waals surface area contributed by atoms with Gasteiger partial charge in [0.2, 0.25) is 11.9 Å². The quantitative estimate of drug-likeness (QED) is 0.550. The van der Waals surface area contributed by atoms with Gasteiger partial charge in [0.1, 0.15) is 0 Å². The Morgan fingerprint density at radius 1 is 1.17 bits per heavy atom. The van der Waals surface area contributed by atoms with E-state index < -0.39 is 0 Å². The summed E-state index contributed by atoms with van der Waals surface area (Å²) in [5.41, 5.74) is 0. The van der Waals surface area contributed by atoms with Crippen LogP contribution < -0.4 is 10.2 Å². The van der Waals surface area contributed by atoms with Crippen LogP contribution in [0.1, 0.15) is 26.7 Å². The Morgan fingerprint density at radius 3 is 2.62 bits per heavy atom. The number of amides is 1. The molecule has 3 heterocycles. The number of hydrogen-bond donors (Lipinski definition) is 1. The van der Waals surface area contributed by atoms with E-state index in [1.165, 1.54) is 6.42 Å². The maximum atomic E-state index is 12.6. The van der Waals surface area contributed by atoms with Gasteiger partial charge in [0.25, 0.3) is 0 Å². The Morgan fingerprint density at radius 2 is 1.93 bits per heavy atom. The molecule has 2 aliphatic heterocycles. The van der Waals surface area contributed by atoms with Gasteiger partial charge in [0.05, 0.1) is 6.54 Å². The molecule has 1 unspecified atom stereocenters. The van der Waals surface area contributed by atoms with Gasteiger partial charge in [-0.05, 0) is 19.4 Å². The van der Waals surface area contributed by atoms with Crippen molar-refractivity contribution in [1.82, 2.24) is 25.1 Å². The number of rotatable bonds is 6.